The Bertz CT molecular complexity index is 489. The quantitative estimate of drug-likeness (QED) is 0.582. The molecule has 0 aromatic carbocycles. The third-order valence-corrected chi connectivity index (χ3v) is 1.78. The average Bonchev–Trinajstić information content (AvgIpc) is 2.31. The van der Waals surface area contributed by atoms with Crippen molar-refractivity contribution in [3.05, 3.63) is 36.8 Å². The minimum absolute atomic E-state index is 0.291. The second-order valence-corrected chi connectivity index (χ2v) is 2.74. The van der Waals surface area contributed by atoms with E-state index in [1.165, 1.54) is 0 Å². The van der Waals surface area contributed by atoms with E-state index in [9.17, 15) is 0 Å². The molecule has 2 aromatic rings. The number of nitrogens with one attached hydrogen (secondary N) is 1. The molecule has 0 aliphatic rings. The molecule has 0 atom stereocenters. The summed E-state index contributed by atoms with van der Waals surface area (Å²) in [7, 11) is 0. The van der Waals surface area contributed by atoms with Gasteiger partial charge in [0, 0.05) is 24.2 Å². The van der Waals surface area contributed by atoms with Gasteiger partial charge in [0.05, 0.1) is 5.69 Å². The number of anilines is 1. The molecule has 2 aromatic heterocycles. The molecule has 0 fully saturated rings. The smallest absolute Gasteiger partial charge is 0.236 e. The molecule has 5 heteroatoms. The Labute approximate surface area is 86.5 Å². The van der Waals surface area contributed by atoms with E-state index in [2.05, 4.69) is 20.3 Å². The van der Waals surface area contributed by atoms with Crippen LogP contribution in [0.5, 0.6) is 0 Å². The summed E-state index contributed by atoms with van der Waals surface area (Å²) < 4.78 is 0. The molecule has 0 saturated carbocycles. The zero-order valence-corrected chi connectivity index (χ0v) is 7.75. The number of pyridine rings is 1. The maximum absolute atomic E-state index is 8.43. The Morgan fingerprint density at radius 2 is 2.20 bits per heavy atom. The van der Waals surface area contributed by atoms with Crippen molar-refractivity contribution in [2.45, 2.75) is 0 Å². The molecule has 5 nitrogen and oxygen atoms in total. The van der Waals surface area contributed by atoms with Crippen LogP contribution in [0.2, 0.25) is 0 Å². The van der Waals surface area contributed by atoms with E-state index in [-0.39, 0.29) is 0 Å². The monoisotopic (exact) mass is 197 g/mol. The maximum Gasteiger partial charge on any atom is 0.236 e. The van der Waals surface area contributed by atoms with Gasteiger partial charge < -0.3 is 0 Å². The lowest BCUT2D eigenvalue weighted by molar-refractivity contribution is 1.16. The zero-order valence-electron chi connectivity index (χ0n) is 7.75. The number of aromatic nitrogens is 3. The van der Waals surface area contributed by atoms with Crippen LogP contribution in [0.4, 0.5) is 5.95 Å². The van der Waals surface area contributed by atoms with Crippen molar-refractivity contribution in [1.82, 2.24) is 15.0 Å². The van der Waals surface area contributed by atoms with Crippen LogP contribution in [-0.4, -0.2) is 15.0 Å². The summed E-state index contributed by atoms with van der Waals surface area (Å²) in [5.41, 5.74) is 1.62. The van der Waals surface area contributed by atoms with E-state index in [1.54, 1.807) is 30.9 Å². The fourth-order valence-electron chi connectivity index (χ4n) is 1.14. The van der Waals surface area contributed by atoms with Crippen LogP contribution in [0, 0.1) is 11.5 Å². The lowest BCUT2D eigenvalue weighted by Crippen LogP contribution is -1.96. The predicted molar refractivity (Wildman–Crippen MR) is 54.5 cm³/mol. The second kappa shape index (κ2) is 4.15. The van der Waals surface area contributed by atoms with Crippen molar-refractivity contribution in [2.24, 2.45) is 0 Å². The summed E-state index contributed by atoms with van der Waals surface area (Å²) in [5.74, 6) is 0.291. The number of nitriles is 1. The van der Waals surface area contributed by atoms with Gasteiger partial charge in [-0.25, -0.2) is 9.97 Å². The molecule has 2 rings (SSSR count). The van der Waals surface area contributed by atoms with Crippen molar-refractivity contribution in [2.75, 3.05) is 5.32 Å². The Hall–Kier alpha value is -2.48. The van der Waals surface area contributed by atoms with Crippen LogP contribution in [0.3, 0.4) is 0 Å². The molecule has 0 unspecified atom stereocenters. The van der Waals surface area contributed by atoms with E-state index in [0.29, 0.717) is 5.95 Å². The number of hydrogen-bond acceptors (Lipinski definition) is 5. The summed E-state index contributed by atoms with van der Waals surface area (Å²) in [6, 6.07) is 5.49. The molecule has 0 saturated heterocycles. The van der Waals surface area contributed by atoms with Gasteiger partial charge in [0.25, 0.3) is 0 Å². The third kappa shape index (κ3) is 2.06. The van der Waals surface area contributed by atoms with Crippen molar-refractivity contribution < 1.29 is 0 Å². The highest BCUT2D eigenvalue weighted by Crippen LogP contribution is 2.15. The lowest BCUT2D eigenvalue weighted by atomic mass is 10.2. The molecule has 15 heavy (non-hydrogen) atoms. The molecule has 0 bridgehead atoms. The summed E-state index contributed by atoms with van der Waals surface area (Å²) >= 11 is 0. The van der Waals surface area contributed by atoms with Gasteiger partial charge in [0.1, 0.15) is 0 Å². The summed E-state index contributed by atoms with van der Waals surface area (Å²) in [6.45, 7) is 0. The topological polar surface area (TPSA) is 74.5 Å². The SMILES string of the molecule is N#CNc1nccc(-c2cccnc2)n1. The molecule has 0 amide bonds. The molecule has 0 aliphatic carbocycles. The van der Waals surface area contributed by atoms with E-state index < -0.39 is 0 Å². The van der Waals surface area contributed by atoms with Crippen LogP contribution < -0.4 is 5.32 Å². The van der Waals surface area contributed by atoms with Crippen LogP contribution >= 0.6 is 0 Å². The number of hydrogen-bond donors (Lipinski definition) is 1. The Kier molecular flexibility index (Phi) is 2.52. The molecule has 0 spiro atoms. The first kappa shape index (κ1) is 9.09. The molecule has 0 aliphatic heterocycles. The first-order valence-electron chi connectivity index (χ1n) is 4.29. The normalized spacial score (nSPS) is 9.27. The van der Waals surface area contributed by atoms with Gasteiger partial charge in [0.15, 0.2) is 6.19 Å². The highest BCUT2D eigenvalue weighted by atomic mass is 15.1. The van der Waals surface area contributed by atoms with Crippen LogP contribution in [0.1, 0.15) is 0 Å². The van der Waals surface area contributed by atoms with Gasteiger partial charge >= 0.3 is 0 Å². The van der Waals surface area contributed by atoms with E-state index >= 15 is 0 Å². The highest BCUT2D eigenvalue weighted by molar-refractivity contribution is 5.58. The Balaban J connectivity index is 2.38. The first-order valence-corrected chi connectivity index (χ1v) is 4.29. The number of rotatable bonds is 2. The second-order valence-electron chi connectivity index (χ2n) is 2.74. The van der Waals surface area contributed by atoms with Crippen molar-refractivity contribution in [3.63, 3.8) is 0 Å². The lowest BCUT2D eigenvalue weighted by Gasteiger charge is -2.00. The van der Waals surface area contributed by atoms with Gasteiger partial charge in [-0.05, 0) is 18.2 Å². The summed E-state index contributed by atoms with van der Waals surface area (Å²) in [4.78, 5) is 12.0. The standard InChI is InChI=1S/C10H7N5/c11-7-14-10-13-5-3-9(15-10)8-2-1-4-12-6-8/h1-6H,(H,13,14,15). The van der Waals surface area contributed by atoms with Crippen LogP contribution in [0.15, 0.2) is 36.8 Å². The van der Waals surface area contributed by atoms with Crippen molar-refractivity contribution >= 4 is 5.95 Å². The van der Waals surface area contributed by atoms with Gasteiger partial charge in [-0.15, -0.1) is 0 Å². The molecular weight excluding hydrogens is 190 g/mol. The average molecular weight is 197 g/mol. The minimum Gasteiger partial charge on any atom is -0.264 e. The van der Waals surface area contributed by atoms with Gasteiger partial charge in [-0.1, -0.05) is 0 Å². The molecule has 0 radical (unpaired) electrons. The highest BCUT2D eigenvalue weighted by Gasteiger charge is 2.00. The van der Waals surface area contributed by atoms with Crippen LogP contribution in [-0.2, 0) is 0 Å². The molecule has 1 N–H and O–H groups in total. The molecule has 72 valence electrons. The maximum atomic E-state index is 8.43. The number of nitrogens with zero attached hydrogens (tertiary/aromatic N) is 4. The van der Waals surface area contributed by atoms with E-state index in [1.807, 2.05) is 12.1 Å². The van der Waals surface area contributed by atoms with Gasteiger partial charge in [0.2, 0.25) is 5.95 Å². The Morgan fingerprint density at radius 1 is 1.27 bits per heavy atom. The summed E-state index contributed by atoms with van der Waals surface area (Å²) in [6.07, 6.45) is 6.76. The fraction of sp³-hybridized carbons (Fsp3) is 0. The van der Waals surface area contributed by atoms with Gasteiger partial charge in [-0.2, -0.15) is 5.26 Å². The van der Waals surface area contributed by atoms with Gasteiger partial charge in [-0.3, -0.25) is 10.3 Å². The van der Waals surface area contributed by atoms with Crippen molar-refractivity contribution in [3.8, 4) is 17.5 Å². The summed E-state index contributed by atoms with van der Waals surface area (Å²) in [5, 5.41) is 10.8. The zero-order chi connectivity index (χ0) is 10.5. The van der Waals surface area contributed by atoms with E-state index in [4.69, 9.17) is 5.26 Å². The molecule has 2 heterocycles. The Morgan fingerprint density at radius 3 is 2.93 bits per heavy atom. The van der Waals surface area contributed by atoms with Crippen LogP contribution in [0.25, 0.3) is 11.3 Å². The minimum atomic E-state index is 0.291. The first-order chi connectivity index (χ1) is 7.40. The van der Waals surface area contributed by atoms with E-state index in [0.717, 1.165) is 11.3 Å². The molecular formula is C10H7N5. The largest absolute Gasteiger partial charge is 0.264 e. The predicted octanol–water partition coefficient (Wildman–Crippen LogP) is 1.43. The van der Waals surface area contributed by atoms with Crippen molar-refractivity contribution in [1.29, 1.82) is 5.26 Å². The third-order valence-electron chi connectivity index (χ3n) is 1.78. The fourth-order valence-corrected chi connectivity index (χ4v) is 1.14.